The lowest BCUT2D eigenvalue weighted by Crippen LogP contribution is -2.65. The minimum atomic E-state index is -2.94. The molecule has 292 valence electrons. The van der Waals surface area contributed by atoms with Gasteiger partial charge in [0.25, 0.3) is 8.32 Å². The van der Waals surface area contributed by atoms with Crippen LogP contribution in [-0.2, 0) is 4.12 Å². The first-order valence-electron chi connectivity index (χ1n) is 17.7. The van der Waals surface area contributed by atoms with E-state index >= 15 is 0 Å². The van der Waals surface area contributed by atoms with E-state index in [1.165, 1.54) is 24.3 Å². The largest absolute Gasteiger partial charge is 0.491 e. The van der Waals surface area contributed by atoms with Crippen LogP contribution in [0.4, 0.5) is 0 Å². The van der Waals surface area contributed by atoms with Crippen molar-refractivity contribution in [3.63, 3.8) is 0 Å². The number of carboxylic acids is 4. The van der Waals surface area contributed by atoms with Crippen LogP contribution in [0.15, 0.2) is 84.9 Å². The summed E-state index contributed by atoms with van der Waals surface area (Å²) in [6.45, 7) is 12.7. The van der Waals surface area contributed by atoms with Gasteiger partial charge in [0.05, 0.1) is 11.1 Å². The molecule has 0 aliphatic carbocycles. The third-order valence-electron chi connectivity index (χ3n) is 8.48. The lowest BCUT2D eigenvalue weighted by atomic mass is 10.1. The number of hydrogen-bond acceptors (Lipinski definition) is 9. The molecule has 0 spiro atoms. The summed E-state index contributed by atoms with van der Waals surface area (Å²) < 4.78 is 32.3. The first-order chi connectivity index (χ1) is 25.9. The molecule has 0 aromatic heterocycles. The summed E-state index contributed by atoms with van der Waals surface area (Å²) in [7, 11) is -5.12. The highest BCUT2D eigenvalue weighted by Crippen LogP contribution is 2.35. The molecular formula is C40H46O13Si2. The van der Waals surface area contributed by atoms with Gasteiger partial charge in [0.2, 0.25) is 0 Å². The lowest BCUT2D eigenvalue weighted by Gasteiger charge is -2.44. The molecule has 2 atom stereocenters. The number of ether oxygens (including phenoxy) is 4. The molecule has 4 rings (SSSR count). The predicted molar refractivity (Wildman–Crippen MR) is 208 cm³/mol. The van der Waals surface area contributed by atoms with Crippen molar-refractivity contribution >= 4 is 40.5 Å². The Bertz CT molecular complexity index is 1860. The molecule has 4 aromatic rings. The quantitative estimate of drug-likeness (QED) is 0.0619. The molecule has 0 amide bonds. The van der Waals surface area contributed by atoms with Gasteiger partial charge < -0.3 is 43.5 Å². The van der Waals surface area contributed by atoms with Crippen molar-refractivity contribution in [2.75, 3.05) is 0 Å². The van der Waals surface area contributed by atoms with Gasteiger partial charge in [0.15, 0.2) is 8.32 Å². The molecule has 0 aliphatic heterocycles. The third-order valence-corrected chi connectivity index (χ3v) is 16.1. The van der Waals surface area contributed by atoms with Crippen LogP contribution in [-0.4, -0.2) is 72.4 Å². The highest BCUT2D eigenvalue weighted by atomic mass is 28.4. The number of hydrogen-bond donors (Lipinski definition) is 4. The Hall–Kier alpha value is -5.65. The highest BCUT2D eigenvalue weighted by molar-refractivity contribution is 6.86. The number of rotatable bonds is 20. The van der Waals surface area contributed by atoms with E-state index in [2.05, 4.69) is 40.0 Å². The summed E-state index contributed by atoms with van der Waals surface area (Å²) in [6.07, 6.45) is 2.99. The Balaban J connectivity index is 1.59. The van der Waals surface area contributed by atoms with Crippen LogP contribution in [0.5, 0.6) is 34.5 Å². The minimum Gasteiger partial charge on any atom is -0.491 e. The average Bonchev–Trinajstić information content (AvgIpc) is 3.12. The molecule has 4 aromatic carbocycles. The van der Waals surface area contributed by atoms with Crippen LogP contribution < -0.4 is 18.9 Å². The van der Waals surface area contributed by atoms with Crippen molar-refractivity contribution in [1.29, 1.82) is 0 Å². The predicted octanol–water partition coefficient (Wildman–Crippen LogP) is 9.36. The normalized spacial score (nSPS) is 13.5. The molecule has 13 nitrogen and oxygen atoms in total. The molecular weight excluding hydrogens is 745 g/mol. The van der Waals surface area contributed by atoms with E-state index in [1.807, 2.05) is 0 Å². The van der Waals surface area contributed by atoms with Gasteiger partial charge in [0, 0.05) is 0 Å². The van der Waals surface area contributed by atoms with Gasteiger partial charge in [-0.25, -0.2) is 19.2 Å². The molecule has 0 radical (unpaired) electrons. The number of benzene rings is 4. The van der Waals surface area contributed by atoms with E-state index in [4.69, 9.17) is 23.1 Å². The molecule has 0 saturated heterocycles. The Morgan fingerprint density at radius 3 is 1.16 bits per heavy atom. The van der Waals surface area contributed by atoms with Gasteiger partial charge in [-0.2, -0.15) is 0 Å². The maximum absolute atomic E-state index is 11.8. The fourth-order valence-corrected chi connectivity index (χ4v) is 15.2. The second kappa shape index (κ2) is 18.1. The summed E-state index contributed by atoms with van der Waals surface area (Å²) in [5.74, 6) is -3.37. The van der Waals surface area contributed by atoms with Crippen molar-refractivity contribution < 1.29 is 62.7 Å². The third kappa shape index (κ3) is 11.2. The van der Waals surface area contributed by atoms with Crippen molar-refractivity contribution in [3.05, 3.63) is 107 Å². The standard InChI is InChI=1S/C40H46O13Si2/c1-7-9-35(51-29-17-13-27(14-18-29)49-33-21-11-25(37(41)42)23-31(33)39(45)46)55(6,53-54(3,4)5)36(10-8-2)52-30-19-15-28(16-20-30)50-34-22-12-26(38(43)44)24-32(34)40(47)48/h11-24,35-36H,7-10H2,1-6H3,(H,41,42)(H,43,44)(H,45,46)(H,47,48). The molecule has 4 N–H and O–H groups in total. The molecule has 0 heterocycles. The van der Waals surface area contributed by atoms with E-state index in [0.29, 0.717) is 35.8 Å². The van der Waals surface area contributed by atoms with Crippen LogP contribution in [0, 0.1) is 0 Å². The van der Waals surface area contributed by atoms with E-state index in [9.17, 15) is 39.6 Å². The minimum absolute atomic E-state index is 0.00268. The zero-order valence-corrected chi connectivity index (χ0v) is 33.5. The van der Waals surface area contributed by atoms with Gasteiger partial charge in [-0.05, 0) is 124 Å². The number of carboxylic acid groups (broad SMARTS) is 4. The van der Waals surface area contributed by atoms with Crippen LogP contribution in [0.2, 0.25) is 26.2 Å². The Labute approximate surface area is 321 Å². The van der Waals surface area contributed by atoms with Crippen LogP contribution in [0.25, 0.3) is 0 Å². The smallest absolute Gasteiger partial charge is 0.339 e. The summed E-state index contributed by atoms with van der Waals surface area (Å²) in [4.78, 5) is 46.4. The van der Waals surface area contributed by atoms with E-state index in [0.717, 1.165) is 25.0 Å². The maximum Gasteiger partial charge on any atom is 0.339 e. The number of carbonyl (C=O) groups is 4. The van der Waals surface area contributed by atoms with Crippen molar-refractivity contribution in [2.45, 2.75) is 77.2 Å². The Morgan fingerprint density at radius 1 is 0.527 bits per heavy atom. The molecule has 55 heavy (non-hydrogen) atoms. The Kier molecular flexibility index (Phi) is 13.9. The monoisotopic (exact) mass is 790 g/mol. The molecule has 0 aliphatic rings. The molecule has 0 bridgehead atoms. The molecule has 0 fully saturated rings. The maximum atomic E-state index is 11.8. The fraction of sp³-hybridized carbons (Fsp3) is 0.300. The van der Waals surface area contributed by atoms with E-state index in [-0.39, 0.29) is 45.2 Å². The number of aromatic carboxylic acids is 4. The van der Waals surface area contributed by atoms with Gasteiger partial charge in [0.1, 0.15) is 57.1 Å². The van der Waals surface area contributed by atoms with Crippen LogP contribution in [0.3, 0.4) is 0 Å². The van der Waals surface area contributed by atoms with Crippen molar-refractivity contribution in [2.24, 2.45) is 0 Å². The fourth-order valence-electron chi connectivity index (χ4n) is 6.04. The van der Waals surface area contributed by atoms with Gasteiger partial charge in [-0.15, -0.1) is 0 Å². The zero-order valence-electron chi connectivity index (χ0n) is 31.5. The van der Waals surface area contributed by atoms with Crippen LogP contribution in [0.1, 0.15) is 81.0 Å². The van der Waals surface area contributed by atoms with Gasteiger partial charge in [-0.3, -0.25) is 0 Å². The first-order valence-corrected chi connectivity index (χ1v) is 23.7. The lowest BCUT2D eigenvalue weighted by molar-refractivity contribution is 0.0674. The molecule has 2 unspecified atom stereocenters. The summed E-state index contributed by atoms with van der Waals surface area (Å²) in [5.41, 5.74) is -1.56. The van der Waals surface area contributed by atoms with E-state index in [1.54, 1.807) is 48.5 Å². The molecule has 15 heteroatoms. The van der Waals surface area contributed by atoms with Crippen molar-refractivity contribution in [3.8, 4) is 34.5 Å². The second-order valence-corrected chi connectivity index (χ2v) is 22.7. The second-order valence-electron chi connectivity index (χ2n) is 14.0. The van der Waals surface area contributed by atoms with Gasteiger partial charge >= 0.3 is 23.9 Å². The topological polar surface area (TPSA) is 195 Å². The Morgan fingerprint density at radius 2 is 0.873 bits per heavy atom. The summed E-state index contributed by atoms with van der Waals surface area (Å²) in [6, 6.07) is 20.8. The SMILES string of the molecule is CCCC(Oc1ccc(Oc2ccc(C(=O)O)cc2C(=O)O)cc1)[Si](C)(O[Si](C)(C)C)C(CCC)Oc1ccc(Oc2ccc(C(=O)O)cc2C(=O)O)cc1. The summed E-state index contributed by atoms with van der Waals surface area (Å²) >= 11 is 0. The highest BCUT2D eigenvalue weighted by Gasteiger charge is 2.51. The zero-order chi connectivity index (χ0) is 40.5. The summed E-state index contributed by atoms with van der Waals surface area (Å²) in [5, 5.41) is 37.8. The first kappa shape index (κ1) is 42.1. The van der Waals surface area contributed by atoms with Gasteiger partial charge in [-0.1, -0.05) is 26.7 Å². The van der Waals surface area contributed by atoms with E-state index < -0.39 is 40.5 Å². The average molecular weight is 791 g/mol. The molecule has 0 saturated carbocycles. The van der Waals surface area contributed by atoms with Crippen LogP contribution >= 0.6 is 0 Å². The van der Waals surface area contributed by atoms with Crippen molar-refractivity contribution in [1.82, 2.24) is 0 Å².